The van der Waals surface area contributed by atoms with Gasteiger partial charge in [-0.25, -0.2) is 4.39 Å². The maximum atomic E-state index is 13.0. The number of nitrogens with zero attached hydrogens (tertiary/aromatic N) is 1. The molecule has 2 aromatic carbocycles. The van der Waals surface area contributed by atoms with Crippen LogP contribution in [-0.4, -0.2) is 30.4 Å². The second kappa shape index (κ2) is 8.47. The Labute approximate surface area is 152 Å². The van der Waals surface area contributed by atoms with E-state index in [4.69, 9.17) is 11.6 Å². The molecule has 1 aliphatic heterocycles. The Morgan fingerprint density at radius 3 is 2.62 bits per heavy atom. The molecule has 1 saturated heterocycles. The van der Waals surface area contributed by atoms with Gasteiger partial charge in [-0.2, -0.15) is 0 Å². The van der Waals surface area contributed by atoms with E-state index in [1.165, 1.54) is 12.1 Å². The number of piperazine rings is 1. The Hall–Kier alpha value is -1.62. The number of carbonyl (C=O) groups excluding carboxylic acids is 1. The van der Waals surface area contributed by atoms with E-state index in [1.807, 2.05) is 29.2 Å². The molecule has 1 unspecified atom stereocenters. The van der Waals surface area contributed by atoms with Gasteiger partial charge in [0.05, 0.1) is 12.5 Å². The summed E-state index contributed by atoms with van der Waals surface area (Å²) in [5, 5.41) is 3.98. The zero-order valence-corrected chi connectivity index (χ0v) is 14.6. The smallest absolute Gasteiger partial charge is 0.227 e. The molecule has 0 bridgehead atoms. The zero-order valence-electron chi connectivity index (χ0n) is 13.0. The number of hydrogen-bond acceptors (Lipinski definition) is 2. The van der Waals surface area contributed by atoms with Crippen molar-refractivity contribution in [2.24, 2.45) is 0 Å². The van der Waals surface area contributed by atoms with E-state index in [-0.39, 0.29) is 36.6 Å². The number of benzene rings is 2. The molecule has 128 valence electrons. The summed E-state index contributed by atoms with van der Waals surface area (Å²) in [6.07, 6.45) is 0.265. The third-order valence-electron chi connectivity index (χ3n) is 4.10. The first kappa shape index (κ1) is 18.7. The molecule has 1 aliphatic rings. The molecular formula is C18H19Cl2FN2O. The maximum absolute atomic E-state index is 13.0. The topological polar surface area (TPSA) is 32.3 Å². The molecule has 6 heteroatoms. The number of hydrogen-bond donors (Lipinski definition) is 1. The van der Waals surface area contributed by atoms with Gasteiger partial charge in [0.2, 0.25) is 5.91 Å². The van der Waals surface area contributed by atoms with Crippen LogP contribution in [0.1, 0.15) is 17.2 Å². The first-order valence-corrected chi connectivity index (χ1v) is 8.02. The Kier molecular flexibility index (Phi) is 6.60. The van der Waals surface area contributed by atoms with Crippen LogP contribution in [0.15, 0.2) is 48.5 Å². The molecule has 2 aromatic rings. The van der Waals surface area contributed by atoms with Crippen LogP contribution in [0.5, 0.6) is 0 Å². The van der Waals surface area contributed by atoms with Crippen molar-refractivity contribution in [2.45, 2.75) is 12.5 Å². The number of amides is 1. The monoisotopic (exact) mass is 368 g/mol. The van der Waals surface area contributed by atoms with Crippen LogP contribution >= 0.6 is 24.0 Å². The first-order chi connectivity index (χ1) is 11.1. The molecule has 1 atom stereocenters. The van der Waals surface area contributed by atoms with Crippen LogP contribution in [-0.2, 0) is 11.2 Å². The highest BCUT2D eigenvalue weighted by molar-refractivity contribution is 6.31. The lowest BCUT2D eigenvalue weighted by Crippen LogP contribution is -2.49. The standard InChI is InChI=1S/C18H18ClFN2O.ClH/c19-16-4-2-1-3-15(16)17-12-21-9-10-22(17)18(23)11-13-5-7-14(20)8-6-13;/h1-8,17,21H,9-12H2;1H. The summed E-state index contributed by atoms with van der Waals surface area (Å²) in [4.78, 5) is 14.6. The average Bonchev–Trinajstić information content (AvgIpc) is 2.57. The fraction of sp³-hybridized carbons (Fsp3) is 0.278. The second-order valence-corrected chi connectivity index (χ2v) is 6.04. The summed E-state index contributed by atoms with van der Waals surface area (Å²) < 4.78 is 13.0. The van der Waals surface area contributed by atoms with Crippen LogP contribution in [0.2, 0.25) is 5.02 Å². The molecule has 24 heavy (non-hydrogen) atoms. The largest absolute Gasteiger partial charge is 0.333 e. The van der Waals surface area contributed by atoms with E-state index in [0.29, 0.717) is 18.1 Å². The van der Waals surface area contributed by atoms with Crippen molar-refractivity contribution < 1.29 is 9.18 Å². The van der Waals surface area contributed by atoms with Crippen molar-refractivity contribution >= 4 is 29.9 Å². The fourth-order valence-corrected chi connectivity index (χ4v) is 3.17. The Bertz CT molecular complexity index is 694. The van der Waals surface area contributed by atoms with Crippen LogP contribution in [0.3, 0.4) is 0 Å². The first-order valence-electron chi connectivity index (χ1n) is 7.64. The van der Waals surface area contributed by atoms with Crippen molar-refractivity contribution in [3.05, 3.63) is 70.5 Å². The van der Waals surface area contributed by atoms with Gasteiger partial charge in [0.1, 0.15) is 5.82 Å². The van der Waals surface area contributed by atoms with Gasteiger partial charge in [-0.05, 0) is 29.3 Å². The molecule has 1 fully saturated rings. The van der Waals surface area contributed by atoms with E-state index < -0.39 is 0 Å². The Morgan fingerprint density at radius 2 is 1.92 bits per heavy atom. The van der Waals surface area contributed by atoms with Gasteiger partial charge < -0.3 is 10.2 Å². The van der Waals surface area contributed by atoms with Gasteiger partial charge in [0, 0.05) is 24.7 Å². The highest BCUT2D eigenvalue weighted by atomic mass is 35.5. The Morgan fingerprint density at radius 1 is 1.21 bits per heavy atom. The van der Waals surface area contributed by atoms with Crippen molar-refractivity contribution in [3.63, 3.8) is 0 Å². The molecule has 3 nitrogen and oxygen atoms in total. The summed E-state index contributed by atoms with van der Waals surface area (Å²) in [6.45, 7) is 2.07. The SMILES string of the molecule is Cl.O=C(Cc1ccc(F)cc1)N1CCNCC1c1ccccc1Cl. The van der Waals surface area contributed by atoms with Crippen molar-refractivity contribution in [1.82, 2.24) is 10.2 Å². The third-order valence-corrected chi connectivity index (χ3v) is 4.44. The Balaban J connectivity index is 0.00000208. The van der Waals surface area contributed by atoms with Gasteiger partial charge >= 0.3 is 0 Å². The minimum absolute atomic E-state index is 0. The third kappa shape index (κ3) is 4.26. The van der Waals surface area contributed by atoms with Crippen molar-refractivity contribution in [3.8, 4) is 0 Å². The summed E-state index contributed by atoms with van der Waals surface area (Å²) in [5.41, 5.74) is 1.77. The molecular weight excluding hydrogens is 350 g/mol. The summed E-state index contributed by atoms with van der Waals surface area (Å²) in [5.74, 6) is -0.264. The minimum atomic E-state index is -0.294. The molecule has 0 radical (unpaired) electrons. The molecule has 3 rings (SSSR count). The average molecular weight is 369 g/mol. The fourth-order valence-electron chi connectivity index (χ4n) is 2.90. The van der Waals surface area contributed by atoms with E-state index in [2.05, 4.69) is 5.32 Å². The summed E-state index contributed by atoms with van der Waals surface area (Å²) >= 11 is 6.30. The predicted octanol–water partition coefficient (Wildman–Crippen LogP) is 3.62. The van der Waals surface area contributed by atoms with Crippen molar-refractivity contribution in [2.75, 3.05) is 19.6 Å². The lowest BCUT2D eigenvalue weighted by Gasteiger charge is -2.37. The molecule has 0 aromatic heterocycles. The molecule has 1 amide bonds. The number of rotatable bonds is 3. The maximum Gasteiger partial charge on any atom is 0.227 e. The molecule has 1 heterocycles. The highest BCUT2D eigenvalue weighted by Gasteiger charge is 2.28. The number of carbonyl (C=O) groups is 1. The van der Waals surface area contributed by atoms with E-state index in [1.54, 1.807) is 12.1 Å². The van der Waals surface area contributed by atoms with Crippen molar-refractivity contribution in [1.29, 1.82) is 0 Å². The molecule has 0 aliphatic carbocycles. The van der Waals surface area contributed by atoms with E-state index in [9.17, 15) is 9.18 Å². The lowest BCUT2D eigenvalue weighted by atomic mass is 10.0. The number of nitrogens with one attached hydrogen (secondary N) is 1. The number of halogens is 3. The van der Waals surface area contributed by atoms with Crippen LogP contribution < -0.4 is 5.32 Å². The second-order valence-electron chi connectivity index (χ2n) is 5.63. The molecule has 1 N–H and O–H groups in total. The minimum Gasteiger partial charge on any atom is -0.333 e. The zero-order chi connectivity index (χ0) is 16.2. The van der Waals surface area contributed by atoms with Gasteiger partial charge in [-0.1, -0.05) is 41.9 Å². The normalized spacial score (nSPS) is 17.2. The highest BCUT2D eigenvalue weighted by Crippen LogP contribution is 2.28. The summed E-state index contributed by atoms with van der Waals surface area (Å²) in [7, 11) is 0. The lowest BCUT2D eigenvalue weighted by molar-refractivity contribution is -0.133. The van der Waals surface area contributed by atoms with Crippen LogP contribution in [0, 0.1) is 5.82 Å². The molecule has 0 spiro atoms. The van der Waals surface area contributed by atoms with E-state index >= 15 is 0 Å². The van der Waals surface area contributed by atoms with Gasteiger partial charge in [-0.15, -0.1) is 12.4 Å². The van der Waals surface area contributed by atoms with E-state index in [0.717, 1.165) is 17.7 Å². The van der Waals surface area contributed by atoms with Gasteiger partial charge in [-0.3, -0.25) is 4.79 Å². The predicted molar refractivity (Wildman–Crippen MR) is 96.1 cm³/mol. The van der Waals surface area contributed by atoms with Crippen LogP contribution in [0.4, 0.5) is 4.39 Å². The summed E-state index contributed by atoms with van der Waals surface area (Å²) in [6, 6.07) is 13.6. The molecule has 0 saturated carbocycles. The van der Waals surface area contributed by atoms with Crippen LogP contribution in [0.25, 0.3) is 0 Å². The van der Waals surface area contributed by atoms with Gasteiger partial charge in [0.15, 0.2) is 0 Å². The quantitative estimate of drug-likeness (QED) is 0.897. The van der Waals surface area contributed by atoms with Gasteiger partial charge in [0.25, 0.3) is 0 Å².